The number of benzene rings is 10. The van der Waals surface area contributed by atoms with E-state index in [9.17, 15) is 0 Å². The summed E-state index contributed by atoms with van der Waals surface area (Å²) in [6.07, 6.45) is 0. The Labute approximate surface area is 298 Å². The lowest BCUT2D eigenvalue weighted by atomic mass is 9.87. The molecule has 0 aliphatic carbocycles. The molecule has 0 fully saturated rings. The molecule has 12 aromatic rings. The van der Waals surface area contributed by atoms with Crippen molar-refractivity contribution in [1.82, 2.24) is 0 Å². The summed E-state index contributed by atoms with van der Waals surface area (Å²) in [6.45, 7) is 0. The minimum Gasteiger partial charge on any atom is -0.454 e. The zero-order valence-corrected chi connectivity index (χ0v) is 28.1. The Morgan fingerprint density at radius 2 is 0.788 bits per heavy atom. The van der Waals surface area contributed by atoms with E-state index < -0.39 is 0 Å². The predicted molar refractivity (Wildman–Crippen MR) is 222 cm³/mol. The summed E-state index contributed by atoms with van der Waals surface area (Å²) in [7, 11) is 0. The van der Waals surface area contributed by atoms with E-state index in [0.717, 1.165) is 39.0 Å². The first-order chi connectivity index (χ1) is 25.8. The molecule has 0 radical (unpaired) electrons. The maximum absolute atomic E-state index is 6.75. The van der Waals surface area contributed by atoms with E-state index in [2.05, 4.69) is 175 Å². The maximum atomic E-state index is 6.75. The van der Waals surface area contributed by atoms with Crippen molar-refractivity contribution in [2.24, 2.45) is 0 Å². The normalized spacial score (nSPS) is 12.2. The zero-order valence-electron chi connectivity index (χ0n) is 28.1. The Kier molecular flexibility index (Phi) is 5.53. The fourth-order valence-electron chi connectivity index (χ4n) is 9.12. The van der Waals surface area contributed by atoms with Crippen LogP contribution >= 0.6 is 0 Å². The molecule has 2 nitrogen and oxygen atoms in total. The van der Waals surface area contributed by atoms with Crippen molar-refractivity contribution in [2.45, 2.75) is 0 Å². The van der Waals surface area contributed by atoms with Crippen LogP contribution < -0.4 is 4.90 Å². The molecule has 52 heavy (non-hydrogen) atoms. The van der Waals surface area contributed by atoms with Gasteiger partial charge in [-0.2, -0.15) is 0 Å². The second-order valence-corrected chi connectivity index (χ2v) is 14.0. The highest BCUT2D eigenvalue weighted by Gasteiger charge is 2.23. The first kappa shape index (κ1) is 27.9. The zero-order chi connectivity index (χ0) is 33.9. The molecule has 0 aliphatic heterocycles. The summed E-state index contributed by atoms with van der Waals surface area (Å²) in [6, 6.07) is 64.5. The molecule has 12 rings (SSSR count). The SMILES string of the molecule is c1ccc2c(N(c3cc4ccc5cccc6c7cccc8ccc9cccc(c(c3)c4c56)c9c87)c3cccc4c3oc3ccccc34)cccc2c1. The van der Waals surface area contributed by atoms with E-state index in [4.69, 9.17) is 4.42 Å². The van der Waals surface area contributed by atoms with Crippen molar-refractivity contribution in [3.63, 3.8) is 0 Å². The van der Waals surface area contributed by atoms with Gasteiger partial charge >= 0.3 is 0 Å². The number of hydrogen-bond acceptors (Lipinski definition) is 2. The third-order valence-electron chi connectivity index (χ3n) is 11.3. The van der Waals surface area contributed by atoms with Gasteiger partial charge in [0.15, 0.2) is 5.58 Å². The van der Waals surface area contributed by atoms with Gasteiger partial charge in [0.05, 0.1) is 11.4 Å². The van der Waals surface area contributed by atoms with Gasteiger partial charge in [-0.15, -0.1) is 0 Å². The molecule has 0 amide bonds. The highest BCUT2D eigenvalue weighted by atomic mass is 16.3. The fourth-order valence-corrected chi connectivity index (χ4v) is 9.12. The van der Waals surface area contributed by atoms with E-state index >= 15 is 0 Å². The second-order valence-electron chi connectivity index (χ2n) is 14.0. The largest absolute Gasteiger partial charge is 0.454 e. The van der Waals surface area contributed by atoms with Crippen LogP contribution in [0.5, 0.6) is 0 Å². The number of furan rings is 1. The van der Waals surface area contributed by atoms with Crippen LogP contribution in [0.1, 0.15) is 0 Å². The van der Waals surface area contributed by atoms with Crippen molar-refractivity contribution in [3.05, 3.63) is 176 Å². The number of nitrogens with zero attached hydrogens (tertiary/aromatic N) is 1. The van der Waals surface area contributed by atoms with E-state index in [1.54, 1.807) is 0 Å². The molecule has 0 spiro atoms. The molecular formula is C50H29NO. The number of rotatable bonds is 3. The third-order valence-corrected chi connectivity index (χ3v) is 11.3. The lowest BCUT2D eigenvalue weighted by molar-refractivity contribution is 0.669. The monoisotopic (exact) mass is 659 g/mol. The average molecular weight is 660 g/mol. The van der Waals surface area contributed by atoms with Gasteiger partial charge in [-0.1, -0.05) is 146 Å². The molecule has 240 valence electrons. The lowest BCUT2D eigenvalue weighted by Crippen LogP contribution is -2.11. The van der Waals surface area contributed by atoms with Gasteiger partial charge in [0.2, 0.25) is 0 Å². The number of hydrogen-bond donors (Lipinski definition) is 0. The van der Waals surface area contributed by atoms with Crippen molar-refractivity contribution in [1.29, 1.82) is 0 Å². The van der Waals surface area contributed by atoms with E-state index in [-0.39, 0.29) is 0 Å². The second kappa shape index (κ2) is 10.3. The first-order valence-corrected chi connectivity index (χ1v) is 17.9. The summed E-state index contributed by atoms with van der Waals surface area (Å²) in [4.78, 5) is 2.42. The minimum absolute atomic E-state index is 0.876. The molecule has 0 saturated carbocycles. The molecule has 1 aromatic heterocycles. The molecule has 11 aromatic carbocycles. The number of anilines is 3. The van der Waals surface area contributed by atoms with Gasteiger partial charge in [0.1, 0.15) is 5.58 Å². The molecule has 0 aliphatic rings. The summed E-state index contributed by atoms with van der Waals surface area (Å²) < 4.78 is 6.75. The van der Waals surface area contributed by atoms with Gasteiger partial charge in [-0.05, 0) is 100 Å². The first-order valence-electron chi connectivity index (χ1n) is 17.9. The topological polar surface area (TPSA) is 16.4 Å². The summed E-state index contributed by atoms with van der Waals surface area (Å²) >= 11 is 0. The Morgan fingerprint density at radius 1 is 0.308 bits per heavy atom. The van der Waals surface area contributed by atoms with Crippen LogP contribution in [0.4, 0.5) is 17.1 Å². The minimum atomic E-state index is 0.876. The lowest BCUT2D eigenvalue weighted by Gasteiger charge is -2.28. The molecule has 0 unspecified atom stereocenters. The fraction of sp³-hybridized carbons (Fsp3) is 0. The van der Waals surface area contributed by atoms with Gasteiger partial charge in [-0.25, -0.2) is 0 Å². The van der Waals surface area contributed by atoms with Gasteiger partial charge in [0, 0.05) is 21.8 Å². The van der Waals surface area contributed by atoms with Crippen LogP contribution in [0.25, 0.3) is 97.3 Å². The van der Waals surface area contributed by atoms with Crippen molar-refractivity contribution in [2.75, 3.05) is 4.90 Å². The van der Waals surface area contributed by atoms with Crippen LogP contribution in [-0.2, 0) is 0 Å². The third kappa shape index (κ3) is 3.73. The quantitative estimate of drug-likeness (QED) is 0.176. The Hall–Kier alpha value is -6.90. The Morgan fingerprint density at radius 3 is 1.52 bits per heavy atom. The molecule has 0 N–H and O–H groups in total. The summed E-state index contributed by atoms with van der Waals surface area (Å²) in [5, 5.41) is 19.8. The maximum Gasteiger partial charge on any atom is 0.159 e. The summed E-state index contributed by atoms with van der Waals surface area (Å²) in [5.41, 5.74) is 4.97. The van der Waals surface area contributed by atoms with Crippen LogP contribution in [-0.4, -0.2) is 0 Å². The molecule has 0 saturated heterocycles. The molecular weight excluding hydrogens is 631 g/mol. The molecule has 1 heterocycles. The van der Waals surface area contributed by atoms with E-state index in [1.165, 1.54) is 75.4 Å². The van der Waals surface area contributed by atoms with Crippen molar-refractivity contribution in [3.8, 4) is 0 Å². The van der Waals surface area contributed by atoms with E-state index in [1.807, 2.05) is 6.07 Å². The molecule has 0 atom stereocenters. The molecule has 2 heteroatoms. The standard InChI is InChI=1S/C50H29NO/c1-2-15-36-30(10-1)11-8-21-43(36)51(44-22-9-20-41-37-16-3-4-23-45(37)52-50(41)44)35-28-34-27-26-33-13-6-18-39-38-17-5-12-31-24-25-32-14-7-19-40(48(32)46(31)38)42(29-35)49(34)47(33)39/h1-29H. The predicted octanol–water partition coefficient (Wildman–Crippen LogP) is 14.6. The van der Waals surface area contributed by atoms with Gasteiger partial charge in [0.25, 0.3) is 0 Å². The highest BCUT2D eigenvalue weighted by Crippen LogP contribution is 2.48. The van der Waals surface area contributed by atoms with E-state index in [0.29, 0.717) is 0 Å². The van der Waals surface area contributed by atoms with Crippen LogP contribution in [0, 0.1) is 0 Å². The smallest absolute Gasteiger partial charge is 0.159 e. The highest BCUT2D eigenvalue weighted by molar-refractivity contribution is 6.37. The van der Waals surface area contributed by atoms with Crippen molar-refractivity contribution >= 4 is 114 Å². The Bertz CT molecular complexity index is 3410. The number of fused-ring (bicyclic) bond motifs is 6. The van der Waals surface area contributed by atoms with Crippen molar-refractivity contribution < 1.29 is 4.42 Å². The number of para-hydroxylation sites is 2. The van der Waals surface area contributed by atoms with Crippen LogP contribution in [0.2, 0.25) is 0 Å². The molecule has 0 bridgehead atoms. The average Bonchev–Trinajstić information content (AvgIpc) is 3.59. The van der Waals surface area contributed by atoms with Gasteiger partial charge < -0.3 is 9.32 Å². The van der Waals surface area contributed by atoms with Gasteiger partial charge in [-0.3, -0.25) is 0 Å². The van der Waals surface area contributed by atoms with Crippen LogP contribution in [0.15, 0.2) is 180 Å². The summed E-state index contributed by atoms with van der Waals surface area (Å²) in [5.74, 6) is 0. The van der Waals surface area contributed by atoms with Crippen LogP contribution in [0.3, 0.4) is 0 Å². The Balaban J connectivity index is 1.30.